The van der Waals surface area contributed by atoms with Crippen molar-refractivity contribution in [3.8, 4) is 0 Å². The molecular formula is C27H25N5O6S. The predicted octanol–water partition coefficient (Wildman–Crippen LogP) is 2.04. The van der Waals surface area contributed by atoms with E-state index in [9.17, 15) is 23.7 Å². The smallest absolute Gasteiger partial charge is 0.256 e. The number of imidazole rings is 1. The van der Waals surface area contributed by atoms with Crippen LogP contribution in [0.2, 0.25) is 0 Å². The molecule has 6 rings (SSSR count). The summed E-state index contributed by atoms with van der Waals surface area (Å²) in [4.78, 5) is 13.1. The molecule has 1 aliphatic rings. The quantitative estimate of drug-likeness (QED) is 0.222. The number of ether oxygens (including phenoxy) is 1. The molecule has 2 aromatic heterocycles. The number of fused-ring (bicyclic) bond motifs is 2. The van der Waals surface area contributed by atoms with Crippen molar-refractivity contribution >= 4 is 37.6 Å². The summed E-state index contributed by atoms with van der Waals surface area (Å²) in [7, 11) is -4.12. The number of sulfone groups is 1. The summed E-state index contributed by atoms with van der Waals surface area (Å²) in [5.74, 6) is 0.174. The normalized spacial score (nSPS) is 21.5. The van der Waals surface area contributed by atoms with Gasteiger partial charge in [-0.25, -0.2) is 13.4 Å². The average Bonchev–Trinajstić information content (AvgIpc) is 3.52. The van der Waals surface area contributed by atoms with E-state index < -0.39 is 46.1 Å². The van der Waals surface area contributed by atoms with Crippen LogP contribution in [0.5, 0.6) is 0 Å². The van der Waals surface area contributed by atoms with Crippen LogP contribution >= 0.6 is 0 Å². The van der Waals surface area contributed by atoms with Crippen molar-refractivity contribution in [2.75, 3.05) is 11.9 Å². The molecule has 11 nitrogen and oxygen atoms in total. The number of aromatic nitrogens is 4. The molecule has 3 heterocycles. The van der Waals surface area contributed by atoms with Crippen molar-refractivity contribution in [2.45, 2.75) is 41.1 Å². The lowest BCUT2D eigenvalue weighted by Gasteiger charge is -2.17. The molecule has 1 aliphatic heterocycles. The van der Waals surface area contributed by atoms with Crippen LogP contribution in [0.1, 0.15) is 11.8 Å². The maximum atomic E-state index is 13.5. The lowest BCUT2D eigenvalue weighted by atomic mass is 10.0. The Bertz CT molecular complexity index is 1760. The van der Waals surface area contributed by atoms with Crippen LogP contribution in [-0.2, 0) is 21.1 Å². The highest BCUT2D eigenvalue weighted by atomic mass is 32.2. The Balaban J connectivity index is 1.47. The Morgan fingerprint density at radius 3 is 2.44 bits per heavy atom. The van der Waals surface area contributed by atoms with Crippen molar-refractivity contribution in [3.63, 3.8) is 0 Å². The Morgan fingerprint density at radius 1 is 0.923 bits per heavy atom. The molecule has 0 radical (unpaired) electrons. The number of nitrogens with one attached hydrogen (secondary N) is 1. The van der Waals surface area contributed by atoms with Gasteiger partial charge in [-0.15, -0.1) is 0 Å². The molecular weight excluding hydrogens is 522 g/mol. The zero-order valence-electron chi connectivity index (χ0n) is 20.5. The molecule has 1 saturated heterocycles. The summed E-state index contributed by atoms with van der Waals surface area (Å²) in [5.41, 5.74) is 1.30. The highest BCUT2D eigenvalue weighted by Crippen LogP contribution is 2.33. The van der Waals surface area contributed by atoms with Gasteiger partial charge in [-0.3, -0.25) is 4.57 Å². The average molecular weight is 548 g/mol. The van der Waals surface area contributed by atoms with Crippen molar-refractivity contribution in [1.82, 2.24) is 19.5 Å². The van der Waals surface area contributed by atoms with Crippen LogP contribution in [0.4, 0.5) is 5.82 Å². The van der Waals surface area contributed by atoms with Crippen LogP contribution in [0.3, 0.4) is 0 Å². The van der Waals surface area contributed by atoms with E-state index in [0.717, 1.165) is 16.3 Å². The molecule has 0 spiro atoms. The van der Waals surface area contributed by atoms with Crippen LogP contribution in [0.15, 0.2) is 89.2 Å². The molecule has 0 aliphatic carbocycles. The van der Waals surface area contributed by atoms with E-state index >= 15 is 0 Å². The van der Waals surface area contributed by atoms with E-state index in [2.05, 4.69) is 20.3 Å². The standard InChI is InChI=1S/C27H25N5O6S/c33-14-20-22(34)23(35)26(38-20)32-15-29-21-24(28-13-17-9-6-8-16-7-4-5-12-19(16)17)30-27(31-25(21)32)39(36,37)18-10-2-1-3-11-18/h1-12,15,20,22-23,26,33-35H,13-14H2,(H,28,30,31)/t20-,22-,23-,26?/m1/s1. The molecule has 0 amide bonds. The number of aliphatic hydroxyl groups excluding tert-OH is 3. The molecule has 4 atom stereocenters. The molecule has 200 valence electrons. The Labute approximate surface area is 223 Å². The number of hydrogen-bond donors (Lipinski definition) is 4. The fourth-order valence-corrected chi connectivity index (χ4v) is 5.91. The maximum Gasteiger partial charge on any atom is 0.256 e. The van der Waals surface area contributed by atoms with Gasteiger partial charge in [0.2, 0.25) is 9.84 Å². The van der Waals surface area contributed by atoms with Gasteiger partial charge in [-0.1, -0.05) is 60.7 Å². The lowest BCUT2D eigenvalue weighted by Crippen LogP contribution is -2.33. The summed E-state index contributed by atoms with van der Waals surface area (Å²) in [5, 5.41) is 35.3. The fraction of sp³-hybridized carbons (Fsp3) is 0.222. The Kier molecular flexibility index (Phi) is 6.49. The van der Waals surface area contributed by atoms with Gasteiger partial charge in [0, 0.05) is 6.54 Å². The molecule has 1 unspecified atom stereocenters. The SMILES string of the molecule is O=S(=O)(c1ccccc1)c1nc(NCc2cccc3ccccc23)c2ncn(C3O[C@H](CO)[C@@H](O)[C@H]3O)c2n1. The summed E-state index contributed by atoms with van der Waals surface area (Å²) in [6.07, 6.45) is -3.61. The van der Waals surface area contributed by atoms with Gasteiger partial charge in [-0.2, -0.15) is 9.97 Å². The van der Waals surface area contributed by atoms with Crippen LogP contribution in [0, 0.1) is 0 Å². The Hall–Kier alpha value is -3.94. The highest BCUT2D eigenvalue weighted by molar-refractivity contribution is 7.91. The first-order valence-corrected chi connectivity index (χ1v) is 13.7. The zero-order chi connectivity index (χ0) is 27.1. The first-order chi connectivity index (χ1) is 18.9. The lowest BCUT2D eigenvalue weighted by molar-refractivity contribution is -0.0511. The van der Waals surface area contributed by atoms with Crippen molar-refractivity contribution in [3.05, 3.63) is 84.7 Å². The van der Waals surface area contributed by atoms with Gasteiger partial charge in [0.05, 0.1) is 17.8 Å². The molecule has 0 bridgehead atoms. The third kappa shape index (κ3) is 4.41. The minimum Gasteiger partial charge on any atom is -0.394 e. The molecule has 5 aromatic rings. The summed E-state index contributed by atoms with van der Waals surface area (Å²) >= 11 is 0. The number of hydrogen-bond acceptors (Lipinski definition) is 10. The minimum atomic E-state index is -4.12. The topological polar surface area (TPSA) is 160 Å². The Morgan fingerprint density at radius 2 is 1.67 bits per heavy atom. The molecule has 3 aromatic carbocycles. The first kappa shape index (κ1) is 25.3. The van der Waals surface area contributed by atoms with Gasteiger partial charge >= 0.3 is 0 Å². The summed E-state index contributed by atoms with van der Waals surface area (Å²) in [6, 6.07) is 21.7. The second-order valence-electron chi connectivity index (χ2n) is 9.22. The summed E-state index contributed by atoms with van der Waals surface area (Å²) in [6.45, 7) is -0.194. The second kappa shape index (κ2) is 9.98. The summed E-state index contributed by atoms with van der Waals surface area (Å²) < 4.78 is 34.0. The molecule has 12 heteroatoms. The van der Waals surface area contributed by atoms with Gasteiger partial charge in [0.25, 0.3) is 5.16 Å². The monoisotopic (exact) mass is 547 g/mol. The van der Waals surface area contributed by atoms with E-state index in [1.165, 1.54) is 23.0 Å². The van der Waals surface area contributed by atoms with Crippen LogP contribution in [0.25, 0.3) is 21.9 Å². The zero-order valence-corrected chi connectivity index (χ0v) is 21.3. The van der Waals surface area contributed by atoms with Gasteiger partial charge < -0.3 is 25.4 Å². The number of benzene rings is 3. The highest BCUT2D eigenvalue weighted by Gasteiger charge is 2.44. The van der Waals surface area contributed by atoms with Crippen molar-refractivity contribution in [1.29, 1.82) is 0 Å². The molecule has 1 fully saturated rings. The van der Waals surface area contributed by atoms with Gasteiger partial charge in [-0.05, 0) is 28.5 Å². The van der Waals surface area contributed by atoms with E-state index in [0.29, 0.717) is 6.54 Å². The third-order valence-corrected chi connectivity index (χ3v) is 8.37. The molecule has 4 N–H and O–H groups in total. The number of nitrogens with zero attached hydrogens (tertiary/aromatic N) is 4. The number of rotatable bonds is 7. The maximum absolute atomic E-state index is 13.5. The van der Waals surface area contributed by atoms with Crippen LogP contribution < -0.4 is 5.32 Å². The van der Waals surface area contributed by atoms with Crippen LogP contribution in [-0.4, -0.2) is 68.2 Å². The number of anilines is 1. The van der Waals surface area contributed by atoms with E-state index in [1.807, 2.05) is 42.5 Å². The number of aliphatic hydroxyl groups is 3. The molecule has 0 saturated carbocycles. The minimum absolute atomic E-state index is 0.0170. The first-order valence-electron chi connectivity index (χ1n) is 12.3. The van der Waals surface area contributed by atoms with Crippen molar-refractivity contribution < 1.29 is 28.5 Å². The van der Waals surface area contributed by atoms with E-state index in [1.54, 1.807) is 18.2 Å². The molecule has 39 heavy (non-hydrogen) atoms. The van der Waals surface area contributed by atoms with Gasteiger partial charge in [0.15, 0.2) is 23.2 Å². The predicted molar refractivity (Wildman–Crippen MR) is 142 cm³/mol. The second-order valence-corrected chi connectivity index (χ2v) is 11.1. The largest absolute Gasteiger partial charge is 0.394 e. The van der Waals surface area contributed by atoms with Crippen molar-refractivity contribution in [2.24, 2.45) is 0 Å². The fourth-order valence-electron chi connectivity index (χ4n) is 4.77. The third-order valence-electron chi connectivity index (χ3n) is 6.81. The van der Waals surface area contributed by atoms with E-state index in [-0.39, 0.29) is 21.9 Å². The van der Waals surface area contributed by atoms with Gasteiger partial charge in [0.1, 0.15) is 18.3 Å². The van der Waals surface area contributed by atoms with E-state index in [4.69, 9.17) is 4.74 Å².